The number of fused-ring (bicyclic) bond motifs is 2. The van der Waals surface area contributed by atoms with Gasteiger partial charge >= 0.3 is 0 Å². The van der Waals surface area contributed by atoms with Gasteiger partial charge in [-0.2, -0.15) is 16.8 Å². The average Bonchev–Trinajstić information content (AvgIpc) is 3.39. The number of halogens is 2. The fraction of sp³-hybridized carbons (Fsp3) is 0.357. The third-order valence-corrected chi connectivity index (χ3v) is 11.0. The van der Waals surface area contributed by atoms with E-state index in [-0.39, 0.29) is 11.5 Å². The Morgan fingerprint density at radius 2 is 1.59 bits per heavy atom. The molecule has 41 heavy (non-hydrogen) atoms. The molecule has 13 heteroatoms. The van der Waals surface area contributed by atoms with E-state index in [1.807, 2.05) is 36.4 Å². The fourth-order valence-electron chi connectivity index (χ4n) is 4.64. The first-order valence-corrected chi connectivity index (χ1v) is 18.7. The zero-order chi connectivity index (χ0) is 29.8. The van der Waals surface area contributed by atoms with Gasteiger partial charge in [-0.15, -0.1) is 11.3 Å². The van der Waals surface area contributed by atoms with Crippen LogP contribution < -0.4 is 4.90 Å². The van der Waals surface area contributed by atoms with Gasteiger partial charge in [0.1, 0.15) is 0 Å². The van der Waals surface area contributed by atoms with Crippen LogP contribution in [0, 0.1) is 0 Å². The van der Waals surface area contributed by atoms with Gasteiger partial charge in [-0.05, 0) is 104 Å². The Kier molecular flexibility index (Phi) is 10.9. The Labute approximate surface area is 259 Å². The summed E-state index contributed by atoms with van der Waals surface area (Å²) in [5.74, 6) is -0.548. The van der Waals surface area contributed by atoms with Crippen molar-refractivity contribution in [3.05, 3.63) is 73.6 Å². The Balaban J connectivity index is 1.65. The smallest absolute Gasteiger partial charge is 0.264 e. The second-order valence-corrected chi connectivity index (χ2v) is 15.9. The highest BCUT2D eigenvalue weighted by Crippen LogP contribution is 2.48. The zero-order valence-corrected chi connectivity index (χ0v) is 27.1. The molecule has 0 unspecified atom stereocenters. The predicted octanol–water partition coefficient (Wildman–Crippen LogP) is 8.33. The highest BCUT2D eigenvalue weighted by Gasteiger charge is 2.25. The molecule has 1 aliphatic heterocycles. The van der Waals surface area contributed by atoms with Gasteiger partial charge < -0.3 is 4.90 Å². The molecule has 0 aliphatic carbocycles. The van der Waals surface area contributed by atoms with E-state index in [2.05, 4.69) is 24.0 Å². The summed E-state index contributed by atoms with van der Waals surface area (Å²) in [5, 5.41) is 3.29. The van der Waals surface area contributed by atoms with Crippen molar-refractivity contribution in [1.82, 2.24) is 0 Å². The van der Waals surface area contributed by atoms with Crippen LogP contribution in [-0.2, 0) is 26.7 Å². The third-order valence-electron chi connectivity index (χ3n) is 6.62. The van der Waals surface area contributed by atoms with Crippen LogP contribution in [0.15, 0.2) is 58.0 Å². The lowest BCUT2D eigenvalue weighted by molar-refractivity contribution is 0.478. The molecule has 0 atom stereocenters. The van der Waals surface area contributed by atoms with Crippen LogP contribution in [-0.4, -0.2) is 44.0 Å². The number of allylic oxidation sites excluding steroid dienone is 2. The molecule has 3 aromatic rings. The second-order valence-electron chi connectivity index (χ2n) is 9.74. The van der Waals surface area contributed by atoms with Gasteiger partial charge in [-0.25, -0.2) is 0 Å². The molecule has 2 N–H and O–H groups in total. The summed E-state index contributed by atoms with van der Waals surface area (Å²) in [6.45, 7) is 2.65. The van der Waals surface area contributed by atoms with E-state index in [0.717, 1.165) is 48.1 Å². The maximum absolute atomic E-state index is 11.2. The standard InChI is InChI=1S/C28H31Cl2NO6S4/c1-2-19(15-27-22(7-3-5-13-40(32,33)34)23-17-20(29)8-10-25(23)38-27)16-28-31(12-4-6-14-41(35,36)37)24-18-21(30)9-11-26(24)39-28/h8-11,15-18H,2-7,12-14H2,1H3,(H,32,33,34)(H,35,36,37)/b19-15+,28-16-. The monoisotopic (exact) mass is 675 g/mol. The van der Waals surface area contributed by atoms with Crippen molar-refractivity contribution in [2.45, 2.75) is 50.3 Å². The number of aryl methyl sites for hydroxylation is 1. The molecule has 0 saturated carbocycles. The van der Waals surface area contributed by atoms with Gasteiger partial charge in [0.15, 0.2) is 0 Å². The number of hydrogen-bond acceptors (Lipinski definition) is 7. The molecule has 0 spiro atoms. The highest BCUT2D eigenvalue weighted by molar-refractivity contribution is 8.03. The van der Waals surface area contributed by atoms with E-state index in [0.29, 0.717) is 48.7 Å². The molecule has 222 valence electrons. The Morgan fingerprint density at radius 1 is 0.927 bits per heavy atom. The molecule has 0 bridgehead atoms. The van der Waals surface area contributed by atoms with Crippen LogP contribution in [0.4, 0.5) is 5.69 Å². The fourth-order valence-corrected chi connectivity index (χ4v) is 8.47. The number of unbranched alkanes of at least 4 members (excludes halogenated alkanes) is 2. The Hall–Kier alpha value is -1.57. The number of rotatable bonds is 13. The van der Waals surface area contributed by atoms with Crippen LogP contribution in [0.3, 0.4) is 0 Å². The minimum atomic E-state index is -4.01. The summed E-state index contributed by atoms with van der Waals surface area (Å²) in [5.41, 5.74) is 3.15. The number of thioether (sulfide) groups is 1. The van der Waals surface area contributed by atoms with Crippen molar-refractivity contribution in [1.29, 1.82) is 0 Å². The van der Waals surface area contributed by atoms with E-state index < -0.39 is 20.2 Å². The van der Waals surface area contributed by atoms with Crippen LogP contribution in [0.5, 0.6) is 0 Å². The average molecular weight is 677 g/mol. The first kappa shape index (κ1) is 32.3. The van der Waals surface area contributed by atoms with E-state index in [1.165, 1.54) is 0 Å². The van der Waals surface area contributed by atoms with Gasteiger partial charge in [0.25, 0.3) is 20.2 Å². The van der Waals surface area contributed by atoms with E-state index >= 15 is 0 Å². The molecular formula is C28H31Cl2NO6S4. The molecular weight excluding hydrogens is 645 g/mol. The van der Waals surface area contributed by atoms with E-state index in [9.17, 15) is 16.8 Å². The van der Waals surface area contributed by atoms with Crippen molar-refractivity contribution < 1.29 is 25.9 Å². The quantitative estimate of drug-likeness (QED) is 0.137. The molecule has 2 aromatic carbocycles. The first-order chi connectivity index (χ1) is 19.3. The number of nitrogens with zero attached hydrogens (tertiary/aromatic N) is 1. The molecule has 0 amide bonds. The molecule has 4 rings (SSSR count). The maximum Gasteiger partial charge on any atom is 0.264 e. The van der Waals surface area contributed by atoms with Crippen LogP contribution in [0.2, 0.25) is 10.0 Å². The normalized spacial score (nSPS) is 15.3. The minimum Gasteiger partial charge on any atom is -0.335 e. The molecule has 2 heterocycles. The number of anilines is 1. The molecule has 0 saturated heterocycles. The van der Waals surface area contributed by atoms with Crippen LogP contribution in [0.1, 0.15) is 49.5 Å². The second kappa shape index (κ2) is 13.8. The summed E-state index contributed by atoms with van der Waals surface area (Å²) in [6.07, 6.45) is 7.57. The minimum absolute atomic E-state index is 0.269. The highest BCUT2D eigenvalue weighted by atomic mass is 35.5. The lowest BCUT2D eigenvalue weighted by Gasteiger charge is -2.21. The number of benzene rings is 2. The van der Waals surface area contributed by atoms with Crippen LogP contribution >= 0.6 is 46.3 Å². The molecule has 1 aliphatic rings. The summed E-state index contributed by atoms with van der Waals surface area (Å²) in [6, 6.07) is 11.5. The third kappa shape index (κ3) is 9.21. The molecule has 0 radical (unpaired) electrons. The first-order valence-electron chi connectivity index (χ1n) is 13.1. The van der Waals surface area contributed by atoms with E-state index in [1.54, 1.807) is 23.1 Å². The predicted molar refractivity (Wildman–Crippen MR) is 173 cm³/mol. The van der Waals surface area contributed by atoms with Crippen LogP contribution in [0.25, 0.3) is 16.2 Å². The Bertz CT molecular complexity index is 1700. The summed E-state index contributed by atoms with van der Waals surface area (Å²) in [4.78, 5) is 4.27. The van der Waals surface area contributed by atoms with Crippen molar-refractivity contribution in [3.63, 3.8) is 0 Å². The summed E-state index contributed by atoms with van der Waals surface area (Å²) in [7, 11) is -8.01. The van der Waals surface area contributed by atoms with Gasteiger partial charge in [0, 0.05) is 31.1 Å². The SMILES string of the molecule is CCC(/C=C1\Sc2ccc(Cl)cc2N1CCCCS(=O)(=O)O)=C\c1sc2ccc(Cl)cc2c1CCCCS(=O)(=O)O. The van der Waals surface area contributed by atoms with Crippen molar-refractivity contribution in [3.8, 4) is 0 Å². The maximum atomic E-state index is 11.2. The molecule has 1 aromatic heterocycles. The van der Waals surface area contributed by atoms with Gasteiger partial charge in [0.05, 0.1) is 22.2 Å². The topological polar surface area (TPSA) is 112 Å². The lowest BCUT2D eigenvalue weighted by Crippen LogP contribution is -2.20. The Morgan fingerprint density at radius 3 is 2.27 bits per heavy atom. The van der Waals surface area contributed by atoms with Gasteiger partial charge in [0.2, 0.25) is 0 Å². The largest absolute Gasteiger partial charge is 0.335 e. The number of hydrogen-bond donors (Lipinski definition) is 2. The van der Waals surface area contributed by atoms with Gasteiger partial charge in [-0.1, -0.05) is 41.9 Å². The molecule has 7 nitrogen and oxygen atoms in total. The van der Waals surface area contributed by atoms with E-state index in [4.69, 9.17) is 32.3 Å². The molecule has 0 fully saturated rings. The van der Waals surface area contributed by atoms with Gasteiger partial charge in [-0.3, -0.25) is 9.11 Å². The lowest BCUT2D eigenvalue weighted by atomic mass is 10.0. The van der Waals surface area contributed by atoms with Crippen molar-refractivity contribution in [2.24, 2.45) is 0 Å². The summed E-state index contributed by atoms with van der Waals surface area (Å²) >= 11 is 15.9. The summed E-state index contributed by atoms with van der Waals surface area (Å²) < 4.78 is 64.1. The zero-order valence-electron chi connectivity index (χ0n) is 22.3. The number of thiophene rings is 1. The van der Waals surface area contributed by atoms with Crippen molar-refractivity contribution in [2.75, 3.05) is 23.0 Å². The van der Waals surface area contributed by atoms with Crippen molar-refractivity contribution >= 4 is 88.4 Å².